The molecule has 0 saturated heterocycles. The number of hydrogen-bond acceptors (Lipinski definition) is 5. The Labute approximate surface area is 134 Å². The fourth-order valence-corrected chi connectivity index (χ4v) is 2.33. The van der Waals surface area contributed by atoms with Gasteiger partial charge in [0.15, 0.2) is 0 Å². The summed E-state index contributed by atoms with van der Waals surface area (Å²) in [5.74, 6) is 0. The zero-order valence-electron chi connectivity index (χ0n) is 13.5. The average Bonchev–Trinajstić information content (AvgIpc) is 2.46. The van der Waals surface area contributed by atoms with Crippen LogP contribution < -0.4 is 5.73 Å². The van der Waals surface area contributed by atoms with E-state index in [4.69, 9.17) is 10.5 Å². The van der Waals surface area contributed by atoms with Gasteiger partial charge < -0.3 is 15.4 Å². The van der Waals surface area contributed by atoms with Crippen LogP contribution in [0, 0.1) is 10.1 Å². The van der Waals surface area contributed by atoms with E-state index in [1.807, 2.05) is 26.8 Å². The molecule has 1 aliphatic heterocycles. The van der Waals surface area contributed by atoms with Gasteiger partial charge in [-0.2, -0.15) is 0 Å². The van der Waals surface area contributed by atoms with E-state index in [1.54, 1.807) is 11.0 Å². The van der Waals surface area contributed by atoms with Crippen molar-refractivity contribution in [3.05, 3.63) is 40.0 Å². The van der Waals surface area contributed by atoms with Gasteiger partial charge in [0.05, 0.1) is 4.92 Å². The minimum Gasteiger partial charge on any atom is -0.444 e. The van der Waals surface area contributed by atoms with E-state index in [2.05, 4.69) is 0 Å². The molecule has 0 saturated carbocycles. The number of benzene rings is 1. The number of nitrogens with zero attached hydrogens (tertiary/aromatic N) is 2. The highest BCUT2D eigenvalue weighted by Crippen LogP contribution is 2.29. The molecule has 23 heavy (non-hydrogen) atoms. The highest BCUT2D eigenvalue weighted by atomic mass is 16.6. The predicted molar refractivity (Wildman–Crippen MR) is 87.9 cm³/mol. The number of hydrogen-bond donors (Lipinski definition) is 1. The van der Waals surface area contributed by atoms with Crippen molar-refractivity contribution in [3.63, 3.8) is 0 Å². The Morgan fingerprint density at radius 3 is 2.61 bits per heavy atom. The number of nitrogens with two attached hydrogens (primary N) is 1. The molecule has 124 valence electrons. The van der Waals surface area contributed by atoms with Gasteiger partial charge in [0.2, 0.25) is 0 Å². The zero-order valence-corrected chi connectivity index (χ0v) is 13.5. The second-order valence-electron chi connectivity index (χ2n) is 6.44. The summed E-state index contributed by atoms with van der Waals surface area (Å²) in [7, 11) is 0. The molecular formula is C16H21N3O4. The van der Waals surface area contributed by atoms with Gasteiger partial charge in [-0.15, -0.1) is 0 Å². The summed E-state index contributed by atoms with van der Waals surface area (Å²) in [4.78, 5) is 24.1. The quantitative estimate of drug-likeness (QED) is 0.512. The van der Waals surface area contributed by atoms with Gasteiger partial charge in [-0.25, -0.2) is 4.79 Å². The Bertz CT molecular complexity index is 662. The highest BCUT2D eigenvalue weighted by Gasteiger charge is 2.24. The lowest BCUT2D eigenvalue weighted by atomic mass is 9.98. The van der Waals surface area contributed by atoms with Crippen LogP contribution in [0.5, 0.6) is 0 Å². The molecule has 7 nitrogen and oxygen atoms in total. The first kappa shape index (κ1) is 16.8. The molecular weight excluding hydrogens is 298 g/mol. The molecule has 0 aromatic heterocycles. The van der Waals surface area contributed by atoms with Crippen molar-refractivity contribution in [1.29, 1.82) is 0 Å². The Morgan fingerprint density at radius 1 is 1.39 bits per heavy atom. The van der Waals surface area contributed by atoms with Gasteiger partial charge in [0.25, 0.3) is 5.69 Å². The fraction of sp³-hybridized carbons (Fsp3) is 0.438. The number of rotatable bonds is 2. The van der Waals surface area contributed by atoms with Gasteiger partial charge in [-0.1, -0.05) is 12.1 Å². The molecule has 1 heterocycles. The van der Waals surface area contributed by atoms with E-state index in [1.165, 1.54) is 12.1 Å². The van der Waals surface area contributed by atoms with E-state index < -0.39 is 10.5 Å². The summed E-state index contributed by atoms with van der Waals surface area (Å²) in [6.07, 6.45) is 2.15. The first-order chi connectivity index (χ1) is 10.7. The van der Waals surface area contributed by atoms with Crippen molar-refractivity contribution in [3.8, 4) is 0 Å². The number of carbonyl (C=O) groups excluding carboxylic acids is 1. The van der Waals surface area contributed by atoms with E-state index in [0.717, 1.165) is 11.1 Å². The summed E-state index contributed by atoms with van der Waals surface area (Å²) < 4.78 is 5.34. The maximum atomic E-state index is 12.0. The Hall–Kier alpha value is -2.57. The maximum Gasteiger partial charge on any atom is 0.410 e. The number of nitro benzene ring substituents is 1. The van der Waals surface area contributed by atoms with Crippen LogP contribution in [0.1, 0.15) is 32.8 Å². The standard InChI is InChI=1S/C16H21N3O4/c1-16(2,3)23-15(20)18-8-6-11(7-9-18)12-4-5-13(17)14(10-12)19(21)22/h4-6,10H,7-9,17H2,1-3H3. The number of nitro groups is 1. The zero-order chi connectivity index (χ0) is 17.2. The van der Waals surface area contributed by atoms with E-state index in [9.17, 15) is 14.9 Å². The topological polar surface area (TPSA) is 98.7 Å². The van der Waals surface area contributed by atoms with Crippen LogP contribution in [0.2, 0.25) is 0 Å². The number of amides is 1. The minimum atomic E-state index is -0.529. The molecule has 2 rings (SSSR count). The molecule has 1 amide bonds. The fourth-order valence-electron chi connectivity index (χ4n) is 2.33. The molecule has 1 aromatic rings. The van der Waals surface area contributed by atoms with Crippen LogP contribution in [0.15, 0.2) is 24.3 Å². The first-order valence-corrected chi connectivity index (χ1v) is 7.38. The molecule has 1 aromatic carbocycles. The van der Waals surface area contributed by atoms with Gasteiger partial charge in [-0.3, -0.25) is 10.1 Å². The van der Waals surface area contributed by atoms with Crippen LogP contribution in [0.3, 0.4) is 0 Å². The molecule has 0 spiro atoms. The SMILES string of the molecule is CC(C)(C)OC(=O)N1CC=C(c2ccc(N)c([N+](=O)[O-])c2)CC1. The van der Waals surface area contributed by atoms with Crippen LogP contribution >= 0.6 is 0 Å². The van der Waals surface area contributed by atoms with Crippen LogP contribution in [0.25, 0.3) is 5.57 Å². The van der Waals surface area contributed by atoms with Crippen molar-refractivity contribution < 1.29 is 14.5 Å². The molecule has 0 fully saturated rings. The monoisotopic (exact) mass is 319 g/mol. The third kappa shape index (κ3) is 4.21. The van der Waals surface area contributed by atoms with Crippen LogP contribution in [-0.2, 0) is 4.74 Å². The summed E-state index contributed by atoms with van der Waals surface area (Å²) in [6.45, 7) is 6.40. The largest absolute Gasteiger partial charge is 0.444 e. The second kappa shape index (κ2) is 6.28. The van der Waals surface area contributed by atoms with E-state index in [0.29, 0.717) is 19.5 Å². The highest BCUT2D eigenvalue weighted by molar-refractivity contribution is 5.75. The Morgan fingerprint density at radius 2 is 2.09 bits per heavy atom. The minimum absolute atomic E-state index is 0.0991. The van der Waals surface area contributed by atoms with Gasteiger partial charge in [-0.05, 0) is 44.4 Å². The Balaban J connectivity index is 2.12. The predicted octanol–water partition coefficient (Wildman–Crippen LogP) is 3.20. The van der Waals surface area contributed by atoms with Crippen molar-refractivity contribution in [2.24, 2.45) is 0 Å². The molecule has 0 radical (unpaired) electrons. The lowest BCUT2D eigenvalue weighted by Gasteiger charge is -2.29. The molecule has 0 unspecified atom stereocenters. The van der Waals surface area contributed by atoms with Gasteiger partial charge in [0, 0.05) is 19.2 Å². The summed E-state index contributed by atoms with van der Waals surface area (Å²) in [6, 6.07) is 4.77. The summed E-state index contributed by atoms with van der Waals surface area (Å²) >= 11 is 0. The number of anilines is 1. The van der Waals surface area contributed by atoms with Gasteiger partial charge >= 0.3 is 6.09 Å². The van der Waals surface area contributed by atoms with Crippen molar-refractivity contribution in [1.82, 2.24) is 4.90 Å². The number of ether oxygens (including phenoxy) is 1. The van der Waals surface area contributed by atoms with Crippen LogP contribution in [0.4, 0.5) is 16.2 Å². The third-order valence-electron chi connectivity index (χ3n) is 3.46. The van der Waals surface area contributed by atoms with Crippen molar-refractivity contribution in [2.45, 2.75) is 32.8 Å². The molecule has 0 bridgehead atoms. The molecule has 2 N–H and O–H groups in total. The first-order valence-electron chi connectivity index (χ1n) is 7.38. The molecule has 1 aliphatic rings. The second-order valence-corrected chi connectivity index (χ2v) is 6.44. The number of carbonyl (C=O) groups is 1. The maximum absolute atomic E-state index is 12.0. The molecule has 0 atom stereocenters. The van der Waals surface area contributed by atoms with Crippen LogP contribution in [-0.4, -0.2) is 34.6 Å². The lowest BCUT2D eigenvalue weighted by Crippen LogP contribution is -2.39. The summed E-state index contributed by atoms with van der Waals surface area (Å²) in [5.41, 5.74) is 6.85. The molecule has 0 aliphatic carbocycles. The van der Waals surface area contributed by atoms with Crippen molar-refractivity contribution in [2.75, 3.05) is 18.8 Å². The molecule has 7 heteroatoms. The van der Waals surface area contributed by atoms with Gasteiger partial charge in [0.1, 0.15) is 11.3 Å². The number of nitrogen functional groups attached to an aromatic ring is 1. The lowest BCUT2D eigenvalue weighted by molar-refractivity contribution is -0.383. The smallest absolute Gasteiger partial charge is 0.410 e. The Kier molecular flexibility index (Phi) is 4.58. The average molecular weight is 319 g/mol. The van der Waals surface area contributed by atoms with E-state index in [-0.39, 0.29) is 17.5 Å². The third-order valence-corrected chi connectivity index (χ3v) is 3.46. The van der Waals surface area contributed by atoms with E-state index >= 15 is 0 Å². The summed E-state index contributed by atoms with van der Waals surface area (Å²) in [5, 5.41) is 11.0. The van der Waals surface area contributed by atoms with Crippen molar-refractivity contribution >= 4 is 23.0 Å². The normalized spacial score (nSPS) is 15.1.